The average Bonchev–Trinajstić information content (AvgIpc) is 3.40. The monoisotopic (exact) mass is 510 g/mol. The summed E-state index contributed by atoms with van der Waals surface area (Å²) in [5.41, 5.74) is 10.9. The molecule has 2 fully saturated rings. The van der Waals surface area contributed by atoms with E-state index in [0.717, 1.165) is 86.0 Å². The quantitative estimate of drug-likeness (QED) is 0.550. The van der Waals surface area contributed by atoms with Crippen LogP contribution in [0.4, 0.5) is 23.0 Å². The molecule has 0 amide bonds. The van der Waals surface area contributed by atoms with Crippen molar-refractivity contribution >= 4 is 43.9 Å². The SMILES string of the molecule is C[C@@H]1OCC2(CCN(c3cnc4c(N5CCCc6c(N=S(C)(C)=O)cccc65)n[nH]c4n3)CC2)[C@@H]1N. The van der Waals surface area contributed by atoms with Gasteiger partial charge in [-0.25, -0.2) is 14.2 Å². The number of benzene rings is 1. The minimum Gasteiger partial charge on any atom is -0.376 e. The molecule has 0 bridgehead atoms. The molecule has 0 saturated carbocycles. The van der Waals surface area contributed by atoms with Crippen molar-refractivity contribution in [3.63, 3.8) is 0 Å². The molecule has 3 N–H and O–H groups in total. The van der Waals surface area contributed by atoms with Crippen LogP contribution in [0.2, 0.25) is 0 Å². The van der Waals surface area contributed by atoms with E-state index in [2.05, 4.69) is 37.3 Å². The standard InChI is InChI=1S/C25H34N8O2S/c1-16-22(26)25(15-35-16)9-12-32(13-10-25)20-14-27-21-23(28-20)29-30-24(21)33-11-5-6-17-18(31-36(2,3)34)7-4-8-19(17)33/h4,7-8,14,16,22H,5-6,9-13,15,26H2,1-3H3,(H,28,29,30)/t16-,22+/m0/s1. The lowest BCUT2D eigenvalue weighted by atomic mass is 9.73. The molecule has 3 aromatic rings. The van der Waals surface area contributed by atoms with Gasteiger partial charge >= 0.3 is 0 Å². The highest BCUT2D eigenvalue weighted by molar-refractivity contribution is 7.92. The van der Waals surface area contributed by atoms with Gasteiger partial charge in [-0.05, 0) is 44.7 Å². The zero-order valence-corrected chi connectivity index (χ0v) is 21.9. The van der Waals surface area contributed by atoms with Crippen molar-refractivity contribution in [1.82, 2.24) is 20.2 Å². The maximum absolute atomic E-state index is 12.4. The van der Waals surface area contributed by atoms with Crippen molar-refractivity contribution in [3.05, 3.63) is 30.0 Å². The van der Waals surface area contributed by atoms with Crippen LogP contribution in [0.3, 0.4) is 0 Å². The molecular weight excluding hydrogens is 476 g/mol. The van der Waals surface area contributed by atoms with Gasteiger partial charge in [0.2, 0.25) is 0 Å². The van der Waals surface area contributed by atoms with Crippen molar-refractivity contribution in [1.29, 1.82) is 0 Å². The number of nitrogens with one attached hydrogen (secondary N) is 1. The summed E-state index contributed by atoms with van der Waals surface area (Å²) >= 11 is 0. The highest BCUT2D eigenvalue weighted by Gasteiger charge is 2.47. The van der Waals surface area contributed by atoms with Crippen molar-refractivity contribution in [2.75, 3.05) is 48.6 Å². The van der Waals surface area contributed by atoms with E-state index < -0.39 is 9.73 Å². The molecule has 2 saturated heterocycles. The Morgan fingerprint density at radius 2 is 2.06 bits per heavy atom. The Kier molecular flexibility index (Phi) is 5.69. The number of ether oxygens (including phenoxy) is 1. The molecule has 3 aliphatic heterocycles. The van der Waals surface area contributed by atoms with E-state index in [4.69, 9.17) is 20.4 Å². The van der Waals surface area contributed by atoms with Crippen LogP contribution < -0.4 is 15.5 Å². The molecule has 11 heteroatoms. The molecule has 6 rings (SSSR count). The van der Waals surface area contributed by atoms with Gasteiger partial charge in [-0.3, -0.25) is 5.10 Å². The number of piperidine rings is 1. The minimum atomic E-state index is -2.25. The highest BCUT2D eigenvalue weighted by atomic mass is 32.2. The smallest absolute Gasteiger partial charge is 0.183 e. The fourth-order valence-electron chi connectivity index (χ4n) is 5.92. The first-order valence-corrected chi connectivity index (χ1v) is 15.0. The van der Waals surface area contributed by atoms with Crippen molar-refractivity contribution in [2.45, 2.75) is 44.8 Å². The molecular formula is C25H34N8O2S. The number of fused-ring (bicyclic) bond motifs is 2. The molecule has 192 valence electrons. The van der Waals surface area contributed by atoms with Gasteiger partial charge in [0.1, 0.15) is 5.82 Å². The van der Waals surface area contributed by atoms with Gasteiger partial charge in [0.15, 0.2) is 17.0 Å². The van der Waals surface area contributed by atoms with E-state index in [9.17, 15) is 4.21 Å². The second-order valence-electron chi connectivity index (χ2n) is 10.7. The third kappa shape index (κ3) is 4.03. The molecule has 2 aromatic heterocycles. The molecule has 5 heterocycles. The van der Waals surface area contributed by atoms with Crippen LogP contribution in [-0.4, -0.2) is 75.3 Å². The number of hydrogen-bond acceptors (Lipinski definition) is 9. The van der Waals surface area contributed by atoms with E-state index in [-0.39, 0.29) is 17.6 Å². The van der Waals surface area contributed by atoms with Crippen LogP contribution >= 0.6 is 0 Å². The number of nitrogens with two attached hydrogens (primary N) is 1. The number of nitrogens with zero attached hydrogens (tertiary/aromatic N) is 6. The fourth-order valence-corrected chi connectivity index (χ4v) is 6.57. The molecule has 1 aromatic carbocycles. The zero-order valence-electron chi connectivity index (χ0n) is 21.1. The summed E-state index contributed by atoms with van der Waals surface area (Å²) in [6.07, 6.45) is 9.14. The highest BCUT2D eigenvalue weighted by Crippen LogP contribution is 2.42. The van der Waals surface area contributed by atoms with Crippen LogP contribution in [0, 0.1) is 5.41 Å². The number of rotatable bonds is 3. The summed E-state index contributed by atoms with van der Waals surface area (Å²) in [5, 5.41) is 7.73. The lowest BCUT2D eigenvalue weighted by molar-refractivity contribution is 0.0974. The Morgan fingerprint density at radius 3 is 2.78 bits per heavy atom. The molecule has 0 aliphatic carbocycles. The summed E-state index contributed by atoms with van der Waals surface area (Å²) in [7, 11) is -2.25. The second-order valence-corrected chi connectivity index (χ2v) is 13.2. The first kappa shape index (κ1) is 23.6. The predicted molar refractivity (Wildman–Crippen MR) is 143 cm³/mol. The first-order chi connectivity index (χ1) is 17.2. The van der Waals surface area contributed by atoms with Gasteiger partial charge in [0.05, 0.1) is 24.6 Å². The van der Waals surface area contributed by atoms with E-state index in [1.807, 2.05) is 18.3 Å². The van der Waals surface area contributed by atoms with Gasteiger partial charge < -0.3 is 20.3 Å². The molecule has 1 spiro atoms. The molecule has 10 nitrogen and oxygen atoms in total. The van der Waals surface area contributed by atoms with Crippen molar-refractivity contribution in [3.8, 4) is 0 Å². The Labute approximate surface area is 211 Å². The zero-order chi connectivity index (χ0) is 25.1. The molecule has 36 heavy (non-hydrogen) atoms. The predicted octanol–water partition coefficient (Wildman–Crippen LogP) is 3.13. The third-order valence-electron chi connectivity index (χ3n) is 7.97. The summed E-state index contributed by atoms with van der Waals surface area (Å²) in [4.78, 5) is 14.1. The molecule has 0 unspecified atom stereocenters. The largest absolute Gasteiger partial charge is 0.376 e. The maximum Gasteiger partial charge on any atom is 0.183 e. The van der Waals surface area contributed by atoms with E-state index >= 15 is 0 Å². The van der Waals surface area contributed by atoms with Gasteiger partial charge in [-0.2, -0.15) is 9.46 Å². The first-order valence-electron chi connectivity index (χ1n) is 12.6. The van der Waals surface area contributed by atoms with Gasteiger partial charge in [0.25, 0.3) is 0 Å². The van der Waals surface area contributed by atoms with Gasteiger partial charge in [-0.1, -0.05) is 6.07 Å². The summed E-state index contributed by atoms with van der Waals surface area (Å²) in [5.74, 6) is 1.62. The van der Waals surface area contributed by atoms with Crippen LogP contribution in [0.25, 0.3) is 11.2 Å². The van der Waals surface area contributed by atoms with Crippen molar-refractivity contribution < 1.29 is 8.95 Å². The van der Waals surface area contributed by atoms with E-state index in [1.54, 1.807) is 12.5 Å². The van der Waals surface area contributed by atoms with Gasteiger partial charge in [-0.15, -0.1) is 0 Å². The Balaban J connectivity index is 1.27. The molecule has 3 aliphatic rings. The topological polar surface area (TPSA) is 126 Å². The fraction of sp³-hybridized carbons (Fsp3) is 0.560. The maximum atomic E-state index is 12.4. The van der Waals surface area contributed by atoms with Crippen LogP contribution in [0.15, 0.2) is 28.8 Å². The minimum absolute atomic E-state index is 0.0736. The lowest BCUT2D eigenvalue weighted by Crippen LogP contribution is -2.50. The second kappa shape index (κ2) is 8.67. The van der Waals surface area contributed by atoms with E-state index in [1.165, 1.54) is 0 Å². The number of anilines is 3. The average molecular weight is 511 g/mol. The summed E-state index contributed by atoms with van der Waals surface area (Å²) < 4.78 is 22.7. The van der Waals surface area contributed by atoms with Crippen LogP contribution in [0.5, 0.6) is 0 Å². The van der Waals surface area contributed by atoms with Crippen LogP contribution in [0.1, 0.15) is 31.7 Å². The third-order valence-corrected chi connectivity index (χ3v) is 8.61. The number of hydrogen-bond donors (Lipinski definition) is 2. The normalized spacial score (nSPS) is 23.9. The Morgan fingerprint density at radius 1 is 1.25 bits per heavy atom. The van der Waals surface area contributed by atoms with Crippen molar-refractivity contribution in [2.24, 2.45) is 15.5 Å². The summed E-state index contributed by atoms with van der Waals surface area (Å²) in [6, 6.07) is 6.07. The van der Waals surface area contributed by atoms with Gasteiger partial charge in [0, 0.05) is 64.6 Å². The summed E-state index contributed by atoms with van der Waals surface area (Å²) in [6.45, 7) is 5.41. The lowest BCUT2D eigenvalue weighted by Gasteiger charge is -2.41. The Hall–Kier alpha value is -2.76. The number of aromatic nitrogens is 4. The molecule has 0 radical (unpaired) electrons. The number of aromatic amines is 1. The number of H-pyrrole nitrogens is 1. The Bertz CT molecular complexity index is 1410. The van der Waals surface area contributed by atoms with Crippen LogP contribution in [-0.2, 0) is 20.9 Å². The molecule has 2 atom stereocenters. The van der Waals surface area contributed by atoms with E-state index in [0.29, 0.717) is 5.65 Å².